The summed E-state index contributed by atoms with van der Waals surface area (Å²) in [5.41, 5.74) is 6.93. The molecule has 14 heavy (non-hydrogen) atoms. The summed E-state index contributed by atoms with van der Waals surface area (Å²) in [5, 5.41) is 0. The van der Waals surface area contributed by atoms with E-state index in [1.54, 1.807) is 11.8 Å². The molecule has 1 atom stereocenters. The van der Waals surface area contributed by atoms with E-state index in [4.69, 9.17) is 5.73 Å². The Bertz CT molecular complexity index is 306. The number of hydrogen-bond acceptors (Lipinski definition) is 2. The lowest BCUT2D eigenvalue weighted by atomic mass is 10.1. The zero-order valence-corrected chi connectivity index (χ0v) is 10.6. The summed E-state index contributed by atoms with van der Waals surface area (Å²) in [7, 11) is 0. The van der Waals surface area contributed by atoms with Gasteiger partial charge in [-0.2, -0.15) is 0 Å². The Kier molecular flexibility index (Phi) is 4.72. The van der Waals surface area contributed by atoms with Crippen LogP contribution in [0.3, 0.4) is 0 Å². The van der Waals surface area contributed by atoms with E-state index >= 15 is 0 Å². The van der Waals surface area contributed by atoms with Crippen LogP contribution in [0.4, 0.5) is 0 Å². The molecule has 1 aromatic rings. The fraction of sp³-hybridized carbons (Fsp3) is 0.273. The smallest absolute Gasteiger partial charge is 0.0292 e. The highest BCUT2D eigenvalue weighted by Crippen LogP contribution is 2.23. The second kappa shape index (κ2) is 5.59. The molecule has 76 valence electrons. The Labute approximate surface area is 97.9 Å². The van der Waals surface area contributed by atoms with Gasteiger partial charge >= 0.3 is 0 Å². The lowest BCUT2D eigenvalue weighted by Gasteiger charge is -2.06. The third-order valence-corrected chi connectivity index (χ3v) is 3.55. The van der Waals surface area contributed by atoms with Crippen molar-refractivity contribution in [2.75, 3.05) is 5.75 Å². The Balaban J connectivity index is 2.59. The second-order valence-corrected chi connectivity index (χ2v) is 5.33. The topological polar surface area (TPSA) is 26.0 Å². The Morgan fingerprint density at radius 3 is 2.50 bits per heavy atom. The van der Waals surface area contributed by atoms with E-state index in [1.807, 2.05) is 6.92 Å². The Morgan fingerprint density at radius 2 is 2.07 bits per heavy atom. The molecular formula is C11H14BrNS. The number of nitrogens with two attached hydrogens (primary N) is 1. The van der Waals surface area contributed by atoms with E-state index < -0.39 is 0 Å². The number of hydrogen-bond donors (Lipinski definition) is 1. The van der Waals surface area contributed by atoms with Gasteiger partial charge in [-0.1, -0.05) is 34.6 Å². The van der Waals surface area contributed by atoms with E-state index in [0.717, 1.165) is 10.2 Å². The summed E-state index contributed by atoms with van der Waals surface area (Å²) in [6.07, 6.45) is 0. The molecule has 0 heterocycles. The summed E-state index contributed by atoms with van der Waals surface area (Å²) in [6.45, 7) is 5.78. The minimum absolute atomic E-state index is 0.111. The van der Waals surface area contributed by atoms with Crippen LogP contribution in [0.15, 0.2) is 40.2 Å². The molecule has 0 aliphatic heterocycles. The average molecular weight is 272 g/mol. The number of halogens is 1. The summed E-state index contributed by atoms with van der Waals surface area (Å²) < 4.78 is 1.01. The lowest BCUT2D eigenvalue weighted by molar-refractivity contribution is 0.817. The van der Waals surface area contributed by atoms with Crippen LogP contribution in [0.25, 0.3) is 0 Å². The van der Waals surface area contributed by atoms with Crippen LogP contribution in [0.2, 0.25) is 0 Å². The third-order valence-electron chi connectivity index (χ3n) is 1.80. The van der Waals surface area contributed by atoms with Gasteiger partial charge in [0.15, 0.2) is 0 Å². The van der Waals surface area contributed by atoms with Crippen molar-refractivity contribution in [3.05, 3.63) is 40.9 Å². The minimum Gasteiger partial charge on any atom is -0.324 e. The quantitative estimate of drug-likeness (QED) is 0.846. The van der Waals surface area contributed by atoms with Gasteiger partial charge in [0.05, 0.1) is 0 Å². The fourth-order valence-electron chi connectivity index (χ4n) is 1.03. The van der Waals surface area contributed by atoms with Crippen LogP contribution in [-0.2, 0) is 0 Å². The maximum absolute atomic E-state index is 5.76. The van der Waals surface area contributed by atoms with Crippen LogP contribution < -0.4 is 5.73 Å². The van der Waals surface area contributed by atoms with Gasteiger partial charge in [0, 0.05) is 16.7 Å². The van der Waals surface area contributed by atoms with E-state index in [9.17, 15) is 0 Å². The zero-order valence-electron chi connectivity index (χ0n) is 8.16. The fourth-order valence-corrected chi connectivity index (χ4v) is 2.02. The molecule has 1 aromatic carbocycles. The molecule has 0 aliphatic carbocycles. The molecule has 0 amide bonds. The summed E-state index contributed by atoms with van der Waals surface area (Å²) >= 11 is 5.10. The number of rotatable bonds is 4. The van der Waals surface area contributed by atoms with Crippen molar-refractivity contribution in [2.45, 2.75) is 17.9 Å². The van der Waals surface area contributed by atoms with Crippen molar-refractivity contribution < 1.29 is 0 Å². The van der Waals surface area contributed by atoms with Gasteiger partial charge < -0.3 is 5.73 Å². The molecular weight excluding hydrogens is 258 g/mol. The number of thioether (sulfide) groups is 1. The van der Waals surface area contributed by atoms with Crippen molar-refractivity contribution in [3.8, 4) is 0 Å². The normalized spacial score (nSPS) is 12.5. The SMILES string of the molecule is C=C(Br)CSc1ccc(C(C)N)cc1. The predicted octanol–water partition coefficient (Wildman–Crippen LogP) is 3.71. The van der Waals surface area contributed by atoms with Crippen LogP contribution in [0.5, 0.6) is 0 Å². The standard InChI is InChI=1S/C11H14BrNS/c1-8(12)7-14-11-5-3-10(4-6-11)9(2)13/h3-6,9H,1,7,13H2,2H3. The van der Waals surface area contributed by atoms with Gasteiger partial charge in [0.25, 0.3) is 0 Å². The van der Waals surface area contributed by atoms with E-state index in [0.29, 0.717) is 0 Å². The highest BCUT2D eigenvalue weighted by atomic mass is 79.9. The van der Waals surface area contributed by atoms with Crippen molar-refractivity contribution >= 4 is 27.7 Å². The van der Waals surface area contributed by atoms with E-state index in [2.05, 4.69) is 46.8 Å². The van der Waals surface area contributed by atoms with Gasteiger partial charge in [-0.05, 0) is 29.1 Å². The van der Waals surface area contributed by atoms with Crippen LogP contribution in [-0.4, -0.2) is 5.75 Å². The highest BCUT2D eigenvalue weighted by Gasteiger charge is 1.99. The molecule has 2 N–H and O–H groups in total. The van der Waals surface area contributed by atoms with Gasteiger partial charge in [0.2, 0.25) is 0 Å². The van der Waals surface area contributed by atoms with Gasteiger partial charge in [-0.15, -0.1) is 11.8 Å². The van der Waals surface area contributed by atoms with Crippen molar-refractivity contribution in [1.82, 2.24) is 0 Å². The van der Waals surface area contributed by atoms with Crippen molar-refractivity contribution in [2.24, 2.45) is 5.73 Å². The predicted molar refractivity (Wildman–Crippen MR) is 67.8 cm³/mol. The molecule has 0 aliphatic rings. The first kappa shape index (κ1) is 11.8. The first-order valence-corrected chi connectivity index (χ1v) is 6.19. The number of benzene rings is 1. The maximum Gasteiger partial charge on any atom is 0.0292 e. The molecule has 0 fully saturated rings. The lowest BCUT2D eigenvalue weighted by Crippen LogP contribution is -2.04. The Hall–Kier alpha value is -0.250. The third kappa shape index (κ3) is 3.86. The molecule has 3 heteroatoms. The van der Waals surface area contributed by atoms with E-state index in [-0.39, 0.29) is 6.04 Å². The van der Waals surface area contributed by atoms with Crippen LogP contribution in [0, 0.1) is 0 Å². The molecule has 1 nitrogen and oxygen atoms in total. The molecule has 0 saturated carbocycles. The zero-order chi connectivity index (χ0) is 10.6. The summed E-state index contributed by atoms with van der Waals surface area (Å²) in [5.74, 6) is 0.900. The molecule has 0 saturated heterocycles. The second-order valence-electron chi connectivity index (χ2n) is 3.16. The largest absolute Gasteiger partial charge is 0.324 e. The van der Waals surface area contributed by atoms with Gasteiger partial charge in [-0.3, -0.25) is 0 Å². The van der Waals surface area contributed by atoms with Crippen LogP contribution in [0.1, 0.15) is 18.5 Å². The van der Waals surface area contributed by atoms with Gasteiger partial charge in [0.1, 0.15) is 0 Å². The van der Waals surface area contributed by atoms with Crippen molar-refractivity contribution in [3.63, 3.8) is 0 Å². The van der Waals surface area contributed by atoms with Gasteiger partial charge in [-0.25, -0.2) is 0 Å². The van der Waals surface area contributed by atoms with Crippen molar-refractivity contribution in [1.29, 1.82) is 0 Å². The first-order valence-electron chi connectivity index (χ1n) is 4.41. The highest BCUT2D eigenvalue weighted by molar-refractivity contribution is 9.11. The molecule has 0 aromatic heterocycles. The van der Waals surface area contributed by atoms with Crippen LogP contribution >= 0.6 is 27.7 Å². The first-order chi connectivity index (χ1) is 6.59. The summed E-state index contributed by atoms with van der Waals surface area (Å²) in [4.78, 5) is 1.25. The molecule has 1 unspecified atom stereocenters. The molecule has 0 radical (unpaired) electrons. The summed E-state index contributed by atoms with van der Waals surface area (Å²) in [6, 6.07) is 8.45. The molecule has 1 rings (SSSR count). The maximum atomic E-state index is 5.76. The molecule has 0 spiro atoms. The van der Waals surface area contributed by atoms with E-state index in [1.165, 1.54) is 10.5 Å². The minimum atomic E-state index is 0.111. The Morgan fingerprint density at radius 1 is 1.50 bits per heavy atom. The monoisotopic (exact) mass is 271 g/mol. The average Bonchev–Trinajstić information content (AvgIpc) is 2.15. The molecule has 0 bridgehead atoms.